The third-order valence-corrected chi connectivity index (χ3v) is 6.94. The van der Waals surface area contributed by atoms with Gasteiger partial charge in [0.05, 0.1) is 11.2 Å². The smallest absolute Gasteiger partial charge is 0.253 e. The Kier molecular flexibility index (Phi) is 5.50. The number of nitrogens with zero attached hydrogens (tertiary/aromatic N) is 1. The van der Waals surface area contributed by atoms with Gasteiger partial charge in [0, 0.05) is 11.8 Å². The second-order valence-electron chi connectivity index (χ2n) is 6.35. The first-order valence-electron chi connectivity index (χ1n) is 8.03. The van der Waals surface area contributed by atoms with Gasteiger partial charge in [-0.25, -0.2) is 16.8 Å². The second-order valence-corrected chi connectivity index (χ2v) is 10.7. The van der Waals surface area contributed by atoms with E-state index in [1.165, 1.54) is 6.07 Å². The summed E-state index contributed by atoms with van der Waals surface area (Å²) in [5.41, 5.74) is 2.05. The van der Waals surface area contributed by atoms with Gasteiger partial charge in [0.1, 0.15) is 6.04 Å². The molecule has 0 unspecified atom stereocenters. The zero-order valence-electron chi connectivity index (χ0n) is 14.4. The predicted octanol–water partition coefficient (Wildman–Crippen LogP) is 0.482. The summed E-state index contributed by atoms with van der Waals surface area (Å²) in [5.74, 6) is -0.749. The van der Waals surface area contributed by atoms with Crippen molar-refractivity contribution >= 4 is 49.4 Å². The van der Waals surface area contributed by atoms with Crippen molar-refractivity contribution in [3.63, 3.8) is 0 Å². The molecule has 1 saturated heterocycles. The Balaban J connectivity index is 1.91. The van der Waals surface area contributed by atoms with Crippen LogP contribution in [0.15, 0.2) is 47.4 Å². The first kappa shape index (κ1) is 20.1. The van der Waals surface area contributed by atoms with E-state index in [1.807, 2.05) is 23.0 Å². The number of carbonyl (C=O) groups is 1. The van der Waals surface area contributed by atoms with E-state index in [2.05, 4.69) is 18.1 Å². The number of fused-ring (bicyclic) bond motifs is 1. The fraction of sp³-hybridized carbons (Fsp3) is 0.312. The number of hydrogen-bond donors (Lipinski definition) is 3. The third kappa shape index (κ3) is 4.43. The molecule has 0 aliphatic carbocycles. The topological polar surface area (TPSA) is 113 Å². The lowest BCUT2D eigenvalue weighted by Crippen LogP contribution is -2.51. The Bertz CT molecular complexity index is 1090. The zero-order chi connectivity index (χ0) is 19.8. The molecule has 2 atom stereocenters. The summed E-state index contributed by atoms with van der Waals surface area (Å²) in [6.45, 7) is 0.0508. The fourth-order valence-electron chi connectivity index (χ4n) is 2.98. The lowest BCUT2D eigenvalue weighted by molar-refractivity contribution is -0.124. The number of hydrazine groups is 1. The van der Waals surface area contributed by atoms with E-state index in [1.54, 1.807) is 18.2 Å². The number of amides is 1. The summed E-state index contributed by atoms with van der Waals surface area (Å²) < 4.78 is 49.6. The fourth-order valence-corrected chi connectivity index (χ4v) is 5.43. The average Bonchev–Trinajstić information content (AvgIpc) is 3.01. The van der Waals surface area contributed by atoms with Gasteiger partial charge in [-0.1, -0.05) is 30.3 Å². The molecular weight excluding hydrogens is 410 g/mol. The maximum atomic E-state index is 13.1. The largest absolute Gasteiger partial charge is 0.277 e. The molecule has 27 heavy (non-hydrogen) atoms. The lowest BCUT2D eigenvalue weighted by Gasteiger charge is -2.23. The molecule has 0 bridgehead atoms. The number of benzene rings is 2. The Labute approximate surface area is 163 Å². The van der Waals surface area contributed by atoms with Crippen LogP contribution in [0.3, 0.4) is 0 Å². The van der Waals surface area contributed by atoms with E-state index < -0.39 is 32.0 Å². The van der Waals surface area contributed by atoms with Gasteiger partial charge in [-0.05, 0) is 29.3 Å². The second kappa shape index (κ2) is 7.40. The summed E-state index contributed by atoms with van der Waals surface area (Å²) in [7, 11) is -7.63. The van der Waals surface area contributed by atoms with Gasteiger partial charge >= 0.3 is 0 Å². The molecule has 2 aromatic rings. The van der Waals surface area contributed by atoms with Crippen LogP contribution >= 0.6 is 12.6 Å². The number of hydrogen-bond acceptors (Lipinski definition) is 6. The lowest BCUT2D eigenvalue weighted by atomic mass is 10.1. The molecule has 0 saturated carbocycles. The molecule has 1 amide bonds. The summed E-state index contributed by atoms with van der Waals surface area (Å²) >= 11 is 4.31. The molecule has 1 fully saturated rings. The van der Waals surface area contributed by atoms with E-state index in [-0.39, 0.29) is 23.1 Å². The Morgan fingerprint density at radius 1 is 1.11 bits per heavy atom. The Hall–Kier alpha value is -1.66. The van der Waals surface area contributed by atoms with Crippen LogP contribution in [0.25, 0.3) is 10.8 Å². The SMILES string of the molecule is CS(=O)(=O)NNC(=O)[C@@H]1C[C@@H](S)CN1S(=O)(=O)c1ccc2ccccc2c1. The molecule has 8 nitrogen and oxygen atoms in total. The zero-order valence-corrected chi connectivity index (χ0v) is 16.9. The number of sulfonamides is 2. The van der Waals surface area contributed by atoms with Crippen LogP contribution in [0.5, 0.6) is 0 Å². The molecule has 2 aromatic carbocycles. The Morgan fingerprint density at radius 3 is 2.44 bits per heavy atom. The minimum atomic E-state index is -3.96. The van der Waals surface area contributed by atoms with Crippen LogP contribution < -0.4 is 10.3 Å². The minimum Gasteiger partial charge on any atom is -0.277 e. The van der Waals surface area contributed by atoms with E-state index in [0.717, 1.165) is 21.3 Å². The molecule has 1 aliphatic heterocycles. The minimum absolute atomic E-state index is 0.0508. The monoisotopic (exact) mass is 429 g/mol. The summed E-state index contributed by atoms with van der Waals surface area (Å²) in [6, 6.07) is 11.0. The van der Waals surface area contributed by atoms with Crippen LogP contribution in [0.4, 0.5) is 0 Å². The third-order valence-electron chi connectivity index (χ3n) is 4.22. The van der Waals surface area contributed by atoms with Crippen LogP contribution in [-0.2, 0) is 24.8 Å². The van der Waals surface area contributed by atoms with Crippen molar-refractivity contribution in [3.8, 4) is 0 Å². The molecule has 3 rings (SSSR count). The van der Waals surface area contributed by atoms with E-state index in [0.29, 0.717) is 0 Å². The summed E-state index contributed by atoms with van der Waals surface area (Å²) in [4.78, 5) is 14.3. The van der Waals surface area contributed by atoms with Gasteiger partial charge in [0.2, 0.25) is 20.0 Å². The van der Waals surface area contributed by atoms with E-state index >= 15 is 0 Å². The molecule has 11 heteroatoms. The van der Waals surface area contributed by atoms with Crippen molar-refractivity contribution in [2.24, 2.45) is 0 Å². The molecule has 0 aromatic heterocycles. The number of nitrogens with one attached hydrogen (secondary N) is 2. The van der Waals surface area contributed by atoms with Crippen LogP contribution in [0.2, 0.25) is 0 Å². The maximum absolute atomic E-state index is 13.1. The first-order valence-corrected chi connectivity index (χ1v) is 11.9. The van der Waals surface area contributed by atoms with Crippen LogP contribution in [0, 0.1) is 0 Å². The maximum Gasteiger partial charge on any atom is 0.253 e. The normalized spacial score (nSPS) is 21.4. The van der Waals surface area contributed by atoms with E-state index in [9.17, 15) is 21.6 Å². The highest BCUT2D eigenvalue weighted by Gasteiger charge is 2.43. The first-order chi connectivity index (χ1) is 12.6. The summed E-state index contributed by atoms with van der Waals surface area (Å²) in [6.07, 6.45) is 1.06. The van der Waals surface area contributed by atoms with Crippen molar-refractivity contribution in [3.05, 3.63) is 42.5 Å². The quantitative estimate of drug-likeness (QED) is 0.473. The highest BCUT2D eigenvalue weighted by Crippen LogP contribution is 2.30. The van der Waals surface area contributed by atoms with Crippen molar-refractivity contribution in [1.82, 2.24) is 14.6 Å². The van der Waals surface area contributed by atoms with Gasteiger partial charge in [-0.3, -0.25) is 10.2 Å². The van der Waals surface area contributed by atoms with Crippen molar-refractivity contribution < 1.29 is 21.6 Å². The molecule has 1 aliphatic rings. The predicted molar refractivity (Wildman–Crippen MR) is 105 cm³/mol. The number of thiol groups is 1. The van der Waals surface area contributed by atoms with Crippen LogP contribution in [0.1, 0.15) is 6.42 Å². The molecule has 0 spiro atoms. The number of rotatable bonds is 5. The molecule has 2 N–H and O–H groups in total. The van der Waals surface area contributed by atoms with Gasteiger partial charge in [-0.2, -0.15) is 16.9 Å². The molecule has 0 radical (unpaired) electrons. The summed E-state index contributed by atoms with van der Waals surface area (Å²) in [5, 5.41) is 1.32. The van der Waals surface area contributed by atoms with Crippen molar-refractivity contribution in [1.29, 1.82) is 0 Å². The molecule has 1 heterocycles. The van der Waals surface area contributed by atoms with Gasteiger partial charge < -0.3 is 0 Å². The Morgan fingerprint density at radius 2 is 1.78 bits per heavy atom. The van der Waals surface area contributed by atoms with Gasteiger partial charge in [0.15, 0.2) is 0 Å². The molecule has 146 valence electrons. The van der Waals surface area contributed by atoms with Crippen molar-refractivity contribution in [2.45, 2.75) is 22.6 Å². The average molecular weight is 430 g/mol. The number of carbonyl (C=O) groups excluding carboxylic acids is 1. The van der Waals surface area contributed by atoms with Gasteiger partial charge in [0.25, 0.3) is 5.91 Å². The van der Waals surface area contributed by atoms with Gasteiger partial charge in [-0.15, -0.1) is 4.83 Å². The van der Waals surface area contributed by atoms with Crippen LogP contribution in [-0.4, -0.2) is 51.1 Å². The highest BCUT2D eigenvalue weighted by atomic mass is 32.2. The van der Waals surface area contributed by atoms with Crippen molar-refractivity contribution in [2.75, 3.05) is 12.8 Å². The molecular formula is C16H19N3O5S3. The van der Waals surface area contributed by atoms with E-state index in [4.69, 9.17) is 0 Å². The highest BCUT2D eigenvalue weighted by molar-refractivity contribution is 7.89. The standard InChI is InChI=1S/C16H19N3O5S3/c1-26(21,22)18-17-16(20)15-9-13(25)10-19(15)27(23,24)14-7-6-11-4-2-3-5-12(11)8-14/h2-8,13,15,18,25H,9-10H2,1H3,(H,17,20)/t13-,15+/m1/s1.